The summed E-state index contributed by atoms with van der Waals surface area (Å²) in [6.45, 7) is 4.91. The lowest BCUT2D eigenvalue weighted by Crippen LogP contribution is -2.38. The standard InChI is InChI=1S/C30H35N3O2/c1-20-15-21-17-22(16-20)19-30(2,18-21)23-7-11-25(12-8-23)33(3)26-13-9-24(10-14-26)31-28-6-4-5-27(32-28)29(34)35/h4-14,20-22H,15-19H2,1-3H3,(H,31,32)(H,34,35). The van der Waals surface area contributed by atoms with E-state index in [1.165, 1.54) is 49.4 Å². The maximum absolute atomic E-state index is 11.1. The molecule has 2 aliphatic carbocycles. The van der Waals surface area contributed by atoms with Gasteiger partial charge in [0.15, 0.2) is 5.69 Å². The van der Waals surface area contributed by atoms with E-state index in [2.05, 4.69) is 72.5 Å². The van der Waals surface area contributed by atoms with Gasteiger partial charge in [-0.25, -0.2) is 9.78 Å². The molecule has 2 unspecified atom stereocenters. The third kappa shape index (κ3) is 5.04. The number of rotatable bonds is 6. The van der Waals surface area contributed by atoms with Crippen LogP contribution in [0.5, 0.6) is 0 Å². The van der Waals surface area contributed by atoms with Gasteiger partial charge in [-0.05, 0) is 109 Å². The average molecular weight is 470 g/mol. The van der Waals surface area contributed by atoms with Crippen LogP contribution in [0.25, 0.3) is 0 Å². The van der Waals surface area contributed by atoms with Crippen LogP contribution in [-0.2, 0) is 5.41 Å². The second-order valence-electron chi connectivity index (χ2n) is 11.0. The number of nitrogens with zero attached hydrogens (tertiary/aromatic N) is 2. The van der Waals surface area contributed by atoms with Crippen molar-refractivity contribution in [2.75, 3.05) is 17.3 Å². The first-order valence-electron chi connectivity index (χ1n) is 12.7. The first kappa shape index (κ1) is 23.4. The van der Waals surface area contributed by atoms with Gasteiger partial charge in [0.2, 0.25) is 0 Å². The van der Waals surface area contributed by atoms with Gasteiger partial charge in [0, 0.05) is 24.1 Å². The van der Waals surface area contributed by atoms with E-state index in [0.717, 1.165) is 29.1 Å². The molecule has 182 valence electrons. The lowest BCUT2D eigenvalue weighted by molar-refractivity contribution is 0.0690. The Morgan fingerprint density at radius 3 is 2.14 bits per heavy atom. The minimum absolute atomic E-state index is 0.0228. The SMILES string of the molecule is CC1CC2CC(C1)CC(C)(c1ccc(N(C)c3ccc(Nc4cccc(C(=O)O)n4)cc3)cc1)C2. The molecular formula is C30H35N3O2. The number of anilines is 4. The van der Waals surface area contributed by atoms with Crippen molar-refractivity contribution < 1.29 is 9.90 Å². The first-order chi connectivity index (χ1) is 16.8. The van der Waals surface area contributed by atoms with Crippen molar-refractivity contribution in [1.82, 2.24) is 4.98 Å². The molecule has 2 atom stereocenters. The quantitative estimate of drug-likeness (QED) is 0.394. The van der Waals surface area contributed by atoms with E-state index in [9.17, 15) is 4.79 Å². The number of benzene rings is 2. The average Bonchev–Trinajstić information content (AvgIpc) is 2.83. The van der Waals surface area contributed by atoms with E-state index in [0.29, 0.717) is 11.2 Å². The maximum atomic E-state index is 11.1. The van der Waals surface area contributed by atoms with Crippen molar-refractivity contribution in [3.05, 3.63) is 78.0 Å². The zero-order chi connectivity index (χ0) is 24.6. The highest BCUT2D eigenvalue weighted by Crippen LogP contribution is 2.51. The Hall–Kier alpha value is -3.34. The highest BCUT2D eigenvalue weighted by Gasteiger charge is 2.41. The van der Waals surface area contributed by atoms with Gasteiger partial charge in [0.05, 0.1) is 0 Å². The molecule has 5 rings (SSSR count). The highest BCUT2D eigenvalue weighted by molar-refractivity contribution is 5.85. The molecule has 35 heavy (non-hydrogen) atoms. The number of nitrogens with one attached hydrogen (secondary N) is 1. The van der Waals surface area contributed by atoms with Crippen molar-refractivity contribution in [3.63, 3.8) is 0 Å². The third-order valence-corrected chi connectivity index (χ3v) is 8.06. The molecule has 0 amide bonds. The minimum Gasteiger partial charge on any atom is -0.477 e. The molecule has 2 bridgehead atoms. The van der Waals surface area contributed by atoms with E-state index in [4.69, 9.17) is 5.11 Å². The molecule has 0 radical (unpaired) electrons. The van der Waals surface area contributed by atoms with Gasteiger partial charge in [-0.15, -0.1) is 0 Å². The summed E-state index contributed by atoms with van der Waals surface area (Å²) in [4.78, 5) is 17.5. The summed E-state index contributed by atoms with van der Waals surface area (Å²) in [5.41, 5.74) is 4.91. The Kier molecular flexibility index (Phi) is 6.26. The number of aromatic carboxylic acids is 1. The summed E-state index contributed by atoms with van der Waals surface area (Å²) in [6.07, 6.45) is 6.88. The Morgan fingerprint density at radius 1 is 0.943 bits per heavy atom. The van der Waals surface area contributed by atoms with E-state index < -0.39 is 5.97 Å². The fourth-order valence-electron chi connectivity index (χ4n) is 6.60. The summed E-state index contributed by atoms with van der Waals surface area (Å²) in [7, 11) is 2.09. The Morgan fingerprint density at radius 2 is 1.54 bits per heavy atom. The van der Waals surface area contributed by atoms with E-state index >= 15 is 0 Å². The summed E-state index contributed by atoms with van der Waals surface area (Å²) in [5.74, 6) is 2.15. The normalized spacial score (nSPS) is 25.6. The lowest BCUT2D eigenvalue weighted by atomic mass is 9.57. The Labute approximate surface area is 208 Å². The molecule has 0 spiro atoms. The fourth-order valence-corrected chi connectivity index (χ4v) is 6.60. The number of pyridine rings is 1. The Bertz CT molecular complexity index is 1170. The number of aromatic nitrogens is 1. The van der Waals surface area contributed by atoms with E-state index in [1.807, 2.05) is 12.1 Å². The van der Waals surface area contributed by atoms with Crippen molar-refractivity contribution >= 4 is 28.8 Å². The summed E-state index contributed by atoms with van der Waals surface area (Å²) in [6, 6.07) is 22.2. The van der Waals surface area contributed by atoms with Crippen LogP contribution in [0.15, 0.2) is 66.7 Å². The number of fused-ring (bicyclic) bond motifs is 2. The van der Waals surface area contributed by atoms with Gasteiger partial charge in [0.25, 0.3) is 0 Å². The van der Waals surface area contributed by atoms with Crippen molar-refractivity contribution in [2.45, 2.75) is 51.4 Å². The molecule has 0 saturated heterocycles. The summed E-state index contributed by atoms with van der Waals surface area (Å²) >= 11 is 0. The number of hydrogen-bond acceptors (Lipinski definition) is 4. The van der Waals surface area contributed by atoms with E-state index in [-0.39, 0.29) is 5.69 Å². The molecule has 3 aromatic rings. The second kappa shape index (κ2) is 9.37. The van der Waals surface area contributed by atoms with Crippen molar-refractivity contribution in [1.29, 1.82) is 0 Å². The molecule has 2 saturated carbocycles. The van der Waals surface area contributed by atoms with Gasteiger partial charge < -0.3 is 15.3 Å². The zero-order valence-corrected chi connectivity index (χ0v) is 20.9. The molecule has 1 heterocycles. The monoisotopic (exact) mass is 469 g/mol. The minimum atomic E-state index is -1.04. The molecule has 2 aromatic carbocycles. The van der Waals surface area contributed by atoms with Crippen LogP contribution in [0, 0.1) is 17.8 Å². The Balaban J connectivity index is 1.26. The summed E-state index contributed by atoms with van der Waals surface area (Å²) in [5, 5.41) is 12.3. The molecule has 1 aromatic heterocycles. The van der Waals surface area contributed by atoms with Crippen LogP contribution in [-0.4, -0.2) is 23.1 Å². The third-order valence-electron chi connectivity index (χ3n) is 8.06. The number of carboxylic acid groups (broad SMARTS) is 1. The predicted molar refractivity (Wildman–Crippen MR) is 142 cm³/mol. The van der Waals surface area contributed by atoms with Gasteiger partial charge >= 0.3 is 5.97 Å². The largest absolute Gasteiger partial charge is 0.477 e. The molecular weight excluding hydrogens is 434 g/mol. The molecule has 2 fully saturated rings. The first-order valence-corrected chi connectivity index (χ1v) is 12.7. The van der Waals surface area contributed by atoms with Crippen LogP contribution in [0.4, 0.5) is 22.9 Å². The molecule has 2 aliphatic rings. The second-order valence-corrected chi connectivity index (χ2v) is 11.0. The van der Waals surface area contributed by atoms with Crippen LogP contribution in [0.1, 0.15) is 62.0 Å². The van der Waals surface area contributed by atoms with Gasteiger partial charge in [-0.3, -0.25) is 0 Å². The summed E-state index contributed by atoms with van der Waals surface area (Å²) < 4.78 is 0. The molecule has 2 N–H and O–H groups in total. The fraction of sp³-hybridized carbons (Fsp3) is 0.400. The predicted octanol–water partition coefficient (Wildman–Crippen LogP) is 7.40. The number of hydrogen-bond donors (Lipinski definition) is 2. The smallest absolute Gasteiger partial charge is 0.354 e. The maximum Gasteiger partial charge on any atom is 0.354 e. The molecule has 5 nitrogen and oxygen atoms in total. The van der Waals surface area contributed by atoms with Gasteiger partial charge in [-0.1, -0.05) is 32.0 Å². The van der Waals surface area contributed by atoms with Crippen LogP contribution in [0.2, 0.25) is 0 Å². The highest BCUT2D eigenvalue weighted by atomic mass is 16.4. The van der Waals surface area contributed by atoms with Crippen LogP contribution >= 0.6 is 0 Å². The number of carbonyl (C=O) groups is 1. The van der Waals surface area contributed by atoms with Crippen LogP contribution in [0.3, 0.4) is 0 Å². The van der Waals surface area contributed by atoms with Gasteiger partial charge in [-0.2, -0.15) is 0 Å². The molecule has 0 aliphatic heterocycles. The molecule has 5 heteroatoms. The topological polar surface area (TPSA) is 65.5 Å². The zero-order valence-electron chi connectivity index (χ0n) is 20.9. The number of carboxylic acids is 1. The van der Waals surface area contributed by atoms with E-state index in [1.54, 1.807) is 12.1 Å². The van der Waals surface area contributed by atoms with Crippen molar-refractivity contribution in [3.8, 4) is 0 Å². The lowest BCUT2D eigenvalue weighted by Gasteiger charge is -2.47. The van der Waals surface area contributed by atoms with Crippen LogP contribution < -0.4 is 10.2 Å². The van der Waals surface area contributed by atoms with Gasteiger partial charge in [0.1, 0.15) is 5.82 Å². The van der Waals surface area contributed by atoms with Crippen molar-refractivity contribution in [2.24, 2.45) is 17.8 Å².